The first-order chi connectivity index (χ1) is 2.73. The van der Waals surface area contributed by atoms with Gasteiger partial charge in [0.2, 0.25) is 0 Å². The van der Waals surface area contributed by atoms with Gasteiger partial charge in [0.25, 0.3) is 0 Å². The molecule has 0 unspecified atom stereocenters. The molecule has 0 aromatic carbocycles. The summed E-state index contributed by atoms with van der Waals surface area (Å²) < 4.78 is 25.3. The van der Waals surface area contributed by atoms with E-state index in [9.17, 15) is 0 Å². The largest absolute Gasteiger partial charge is 1.00 e. The Morgan fingerprint density at radius 3 is 1.12 bits per heavy atom. The summed E-state index contributed by atoms with van der Waals surface area (Å²) in [4.78, 5) is 0. The van der Waals surface area contributed by atoms with Crippen LogP contribution in [0.3, 0.4) is 0 Å². The fourth-order valence-electron chi connectivity index (χ4n) is 0. The zero-order valence-electron chi connectivity index (χ0n) is 4.53. The molecule has 2 N–H and O–H groups in total. The molecule has 0 aliphatic heterocycles. The van der Waals surface area contributed by atoms with Crippen molar-refractivity contribution >= 4 is 11.4 Å². The van der Waals surface area contributed by atoms with Crippen LogP contribution in [0.5, 0.6) is 0 Å². The maximum atomic E-state index is 8.44. The van der Waals surface area contributed by atoms with Gasteiger partial charge in [0, 0.05) is 0 Å². The Labute approximate surface area is 93.1 Å². The first-order valence-corrected chi connectivity index (χ1v) is 1.70. The molecule has 0 saturated carbocycles. The predicted molar refractivity (Wildman–Crippen MR) is 15.0 cm³/mol. The van der Waals surface area contributed by atoms with Gasteiger partial charge in [-0.05, 0) is 0 Å². The molecule has 0 radical (unpaired) electrons. The van der Waals surface area contributed by atoms with Crippen LogP contribution in [0, 0.1) is 0 Å². The zero-order chi connectivity index (χ0) is 5.58. The molecular formula is H2Na2O5S. The average Bonchev–Trinajstić information content (AvgIpc) is 1.41. The van der Waals surface area contributed by atoms with E-state index < -0.39 is 11.4 Å². The van der Waals surface area contributed by atoms with Crippen molar-refractivity contribution in [3.8, 4) is 0 Å². The van der Waals surface area contributed by atoms with Crippen molar-refractivity contribution in [2.45, 2.75) is 0 Å². The van der Waals surface area contributed by atoms with Gasteiger partial charge < -0.3 is 9.11 Å². The van der Waals surface area contributed by atoms with Gasteiger partial charge in [-0.2, -0.15) is 0 Å². The van der Waals surface area contributed by atoms with E-state index in [4.69, 9.17) is 23.8 Å². The van der Waals surface area contributed by atoms with Gasteiger partial charge in [0.1, 0.15) is 0 Å². The third kappa shape index (κ3) is 98.6. The molecule has 0 spiro atoms. The molecule has 0 heterocycles. The SMILES string of the molecule is O=S([O-])[O-].OO.[Na+].[Na+]. The summed E-state index contributed by atoms with van der Waals surface area (Å²) in [5, 5.41) is 12.0. The van der Waals surface area contributed by atoms with E-state index in [2.05, 4.69) is 0 Å². The van der Waals surface area contributed by atoms with Crippen LogP contribution >= 0.6 is 0 Å². The van der Waals surface area contributed by atoms with Gasteiger partial charge in [-0.15, -0.1) is 11.4 Å². The molecule has 0 bridgehead atoms. The molecule has 0 aromatic rings. The van der Waals surface area contributed by atoms with Crippen molar-refractivity contribution < 1.29 is 82.9 Å². The third-order valence-electron chi connectivity index (χ3n) is 0. The van der Waals surface area contributed by atoms with Crippen LogP contribution < -0.4 is 59.1 Å². The molecule has 0 aliphatic carbocycles. The molecule has 8 heavy (non-hydrogen) atoms. The molecule has 0 amide bonds. The predicted octanol–water partition coefficient (Wildman–Crippen LogP) is -6.98. The van der Waals surface area contributed by atoms with Crippen molar-refractivity contribution in [2.24, 2.45) is 0 Å². The standard InChI is InChI=1S/2Na.H2O3S.H2O2/c;;1-4(2)3;1-2/h;;(H2,1,2,3);1-2H/q2*+1;;/p-2. The molecule has 0 aliphatic rings. The van der Waals surface area contributed by atoms with Crippen LogP contribution in [0.4, 0.5) is 0 Å². The van der Waals surface area contributed by atoms with E-state index in [1.807, 2.05) is 0 Å². The van der Waals surface area contributed by atoms with Gasteiger partial charge >= 0.3 is 59.1 Å². The summed E-state index contributed by atoms with van der Waals surface area (Å²) in [5.74, 6) is 0. The molecule has 0 atom stereocenters. The molecule has 5 nitrogen and oxygen atoms in total. The minimum atomic E-state index is -3.11. The third-order valence-corrected chi connectivity index (χ3v) is 0. The van der Waals surface area contributed by atoms with Crippen LogP contribution in [0.1, 0.15) is 0 Å². The summed E-state index contributed by atoms with van der Waals surface area (Å²) in [6.45, 7) is 0. The zero-order valence-corrected chi connectivity index (χ0v) is 9.34. The van der Waals surface area contributed by atoms with Crippen LogP contribution in [-0.2, 0) is 11.4 Å². The first-order valence-electron chi connectivity index (χ1n) is 0.700. The molecule has 0 saturated heterocycles. The van der Waals surface area contributed by atoms with Gasteiger partial charge in [0.15, 0.2) is 0 Å². The second-order valence-corrected chi connectivity index (χ2v) is 0.612. The Morgan fingerprint density at radius 1 is 1.12 bits per heavy atom. The van der Waals surface area contributed by atoms with Crippen molar-refractivity contribution in [3.63, 3.8) is 0 Å². The van der Waals surface area contributed by atoms with E-state index >= 15 is 0 Å². The molecule has 0 fully saturated rings. The van der Waals surface area contributed by atoms with Gasteiger partial charge in [-0.25, -0.2) is 0 Å². The van der Waals surface area contributed by atoms with E-state index in [0.29, 0.717) is 0 Å². The van der Waals surface area contributed by atoms with E-state index in [1.54, 1.807) is 0 Å². The quantitative estimate of drug-likeness (QED) is 0.158. The van der Waals surface area contributed by atoms with Crippen molar-refractivity contribution in [3.05, 3.63) is 0 Å². The summed E-state index contributed by atoms with van der Waals surface area (Å²) in [5.41, 5.74) is 0. The summed E-state index contributed by atoms with van der Waals surface area (Å²) in [6.07, 6.45) is 0. The van der Waals surface area contributed by atoms with Gasteiger partial charge in [0.05, 0.1) is 0 Å². The smallest absolute Gasteiger partial charge is 0.784 e. The Hall–Kier alpha value is 1.99. The molecule has 0 rings (SSSR count). The monoisotopic (exact) mass is 160 g/mol. The summed E-state index contributed by atoms with van der Waals surface area (Å²) in [7, 11) is 0. The number of rotatable bonds is 0. The fourth-order valence-corrected chi connectivity index (χ4v) is 0. The van der Waals surface area contributed by atoms with Crippen LogP contribution in [0.2, 0.25) is 0 Å². The van der Waals surface area contributed by atoms with Crippen LogP contribution in [0.25, 0.3) is 0 Å². The molecular weight excluding hydrogens is 158 g/mol. The van der Waals surface area contributed by atoms with Crippen LogP contribution in [-0.4, -0.2) is 23.8 Å². The summed E-state index contributed by atoms with van der Waals surface area (Å²) >= 11 is -3.11. The Balaban J connectivity index is -0.0000000183. The molecule has 8 heteroatoms. The van der Waals surface area contributed by atoms with Gasteiger partial charge in [-0.1, -0.05) is 0 Å². The van der Waals surface area contributed by atoms with E-state index in [-0.39, 0.29) is 59.1 Å². The maximum absolute atomic E-state index is 8.44. The Morgan fingerprint density at radius 2 is 1.12 bits per heavy atom. The maximum Gasteiger partial charge on any atom is 1.00 e. The molecule has 40 valence electrons. The minimum absolute atomic E-state index is 0. The second kappa shape index (κ2) is 23.0. The summed E-state index contributed by atoms with van der Waals surface area (Å²) in [6, 6.07) is 0. The van der Waals surface area contributed by atoms with E-state index in [1.165, 1.54) is 0 Å². The first kappa shape index (κ1) is 22.5. The normalized spacial score (nSPS) is 5.12. The van der Waals surface area contributed by atoms with Crippen LogP contribution in [0.15, 0.2) is 0 Å². The topological polar surface area (TPSA) is 104 Å². The Kier molecular flexibility index (Phi) is 64.8. The van der Waals surface area contributed by atoms with Crippen molar-refractivity contribution in [2.75, 3.05) is 0 Å². The van der Waals surface area contributed by atoms with Crippen molar-refractivity contribution in [1.82, 2.24) is 0 Å². The number of hydrogen-bond acceptors (Lipinski definition) is 5. The van der Waals surface area contributed by atoms with E-state index in [0.717, 1.165) is 0 Å². The number of hydrogen-bond donors (Lipinski definition) is 2. The fraction of sp³-hybridized carbons (Fsp3) is 0. The van der Waals surface area contributed by atoms with Gasteiger partial charge in [-0.3, -0.25) is 14.7 Å². The molecule has 0 aromatic heterocycles. The minimum Gasteiger partial charge on any atom is -0.784 e. The second-order valence-electron chi connectivity index (χ2n) is 0.204. The Bertz CT molecular complexity index is 33.4. The average molecular weight is 160 g/mol. The van der Waals surface area contributed by atoms with Crippen molar-refractivity contribution in [1.29, 1.82) is 0 Å².